The van der Waals surface area contributed by atoms with Crippen molar-refractivity contribution in [1.82, 2.24) is 15.5 Å². The summed E-state index contributed by atoms with van der Waals surface area (Å²) >= 11 is 0. The SMILES string of the molecule is CCN(CC(=O)O)C1CC(NC(=O)NCC2(CC)CCCC2)C1. The molecule has 3 N–H and O–H groups in total. The van der Waals surface area contributed by atoms with Gasteiger partial charge >= 0.3 is 12.0 Å². The van der Waals surface area contributed by atoms with Gasteiger partial charge in [-0.15, -0.1) is 0 Å². The van der Waals surface area contributed by atoms with Crippen LogP contribution in [-0.4, -0.2) is 53.7 Å². The average molecular weight is 325 g/mol. The van der Waals surface area contributed by atoms with Gasteiger partial charge in [-0.3, -0.25) is 9.69 Å². The second-order valence-corrected chi connectivity index (χ2v) is 7.17. The van der Waals surface area contributed by atoms with E-state index in [1.54, 1.807) is 0 Å². The quantitative estimate of drug-likeness (QED) is 0.639. The van der Waals surface area contributed by atoms with Gasteiger partial charge in [-0.2, -0.15) is 0 Å². The number of nitrogens with zero attached hydrogens (tertiary/aromatic N) is 1. The molecule has 2 amide bonds. The standard InChI is InChI=1S/C17H31N3O3/c1-3-17(7-5-6-8-17)12-18-16(23)19-13-9-14(10-13)20(4-2)11-15(21)22/h13-14H,3-12H2,1-2H3,(H,21,22)(H2,18,19,23). The molecular formula is C17H31N3O3. The molecule has 0 aromatic carbocycles. The molecule has 2 saturated carbocycles. The van der Waals surface area contributed by atoms with Crippen LogP contribution in [0.2, 0.25) is 0 Å². The van der Waals surface area contributed by atoms with E-state index in [0.29, 0.717) is 5.41 Å². The number of carboxylic acids is 1. The largest absolute Gasteiger partial charge is 0.480 e. The fraction of sp³-hybridized carbons (Fsp3) is 0.882. The van der Waals surface area contributed by atoms with Crippen molar-refractivity contribution < 1.29 is 14.7 Å². The minimum atomic E-state index is -0.789. The van der Waals surface area contributed by atoms with Crippen molar-refractivity contribution in [2.75, 3.05) is 19.6 Å². The smallest absolute Gasteiger partial charge is 0.317 e. The number of carbonyl (C=O) groups excluding carboxylic acids is 1. The molecule has 0 unspecified atom stereocenters. The van der Waals surface area contributed by atoms with E-state index >= 15 is 0 Å². The highest BCUT2D eigenvalue weighted by Gasteiger charge is 2.36. The number of urea groups is 1. The Hall–Kier alpha value is -1.30. The molecule has 0 radical (unpaired) electrons. The lowest BCUT2D eigenvalue weighted by Gasteiger charge is -2.42. The number of carbonyl (C=O) groups is 2. The predicted octanol–water partition coefficient (Wildman–Crippen LogP) is 2.19. The summed E-state index contributed by atoms with van der Waals surface area (Å²) in [6, 6.07) is 0.372. The van der Waals surface area contributed by atoms with Crippen molar-refractivity contribution in [2.24, 2.45) is 5.41 Å². The van der Waals surface area contributed by atoms with Crippen LogP contribution in [0.4, 0.5) is 4.79 Å². The van der Waals surface area contributed by atoms with Gasteiger partial charge in [-0.25, -0.2) is 4.79 Å². The molecule has 0 saturated heterocycles. The zero-order chi connectivity index (χ0) is 16.9. The maximum atomic E-state index is 12.1. The lowest BCUT2D eigenvalue weighted by Crippen LogP contribution is -2.56. The van der Waals surface area contributed by atoms with Gasteiger partial charge in [0.15, 0.2) is 0 Å². The van der Waals surface area contributed by atoms with Crippen molar-refractivity contribution >= 4 is 12.0 Å². The van der Waals surface area contributed by atoms with Crippen LogP contribution in [-0.2, 0) is 4.79 Å². The fourth-order valence-corrected chi connectivity index (χ4v) is 3.96. The second-order valence-electron chi connectivity index (χ2n) is 7.17. The third-order valence-electron chi connectivity index (χ3n) is 5.75. The summed E-state index contributed by atoms with van der Waals surface area (Å²) in [5, 5.41) is 15.0. The van der Waals surface area contributed by atoms with Crippen LogP contribution in [0.3, 0.4) is 0 Å². The fourth-order valence-electron chi connectivity index (χ4n) is 3.96. The van der Waals surface area contributed by atoms with Crippen LogP contribution in [0.1, 0.15) is 58.8 Å². The summed E-state index contributed by atoms with van der Waals surface area (Å²) in [5.41, 5.74) is 0.306. The van der Waals surface area contributed by atoms with Gasteiger partial charge < -0.3 is 15.7 Å². The highest BCUT2D eigenvalue weighted by Crippen LogP contribution is 2.40. The highest BCUT2D eigenvalue weighted by atomic mass is 16.4. The van der Waals surface area contributed by atoms with E-state index in [-0.39, 0.29) is 24.7 Å². The van der Waals surface area contributed by atoms with Gasteiger partial charge in [0.1, 0.15) is 0 Å². The molecule has 0 atom stereocenters. The summed E-state index contributed by atoms with van der Waals surface area (Å²) < 4.78 is 0. The number of amides is 2. The van der Waals surface area contributed by atoms with E-state index in [1.807, 2.05) is 11.8 Å². The average Bonchev–Trinajstić information content (AvgIpc) is 2.95. The molecule has 2 fully saturated rings. The Kier molecular flexibility index (Phi) is 6.27. The molecule has 2 rings (SSSR count). The molecule has 6 heteroatoms. The van der Waals surface area contributed by atoms with Gasteiger partial charge in [0.25, 0.3) is 0 Å². The first-order valence-electron chi connectivity index (χ1n) is 8.98. The van der Waals surface area contributed by atoms with Crippen LogP contribution in [0.5, 0.6) is 0 Å². The Morgan fingerprint density at radius 2 is 1.87 bits per heavy atom. The van der Waals surface area contributed by atoms with Gasteiger partial charge in [0.2, 0.25) is 0 Å². The second kappa shape index (κ2) is 7.99. The van der Waals surface area contributed by atoms with E-state index in [4.69, 9.17) is 5.11 Å². The van der Waals surface area contributed by atoms with Crippen molar-refractivity contribution in [2.45, 2.75) is 70.9 Å². The zero-order valence-electron chi connectivity index (χ0n) is 14.4. The molecule has 0 bridgehead atoms. The summed E-state index contributed by atoms with van der Waals surface area (Å²) in [4.78, 5) is 24.8. The first kappa shape index (κ1) is 18.0. The molecule has 0 heterocycles. The van der Waals surface area contributed by atoms with E-state index in [2.05, 4.69) is 17.6 Å². The number of likely N-dealkylation sites (N-methyl/N-ethyl adjacent to an activating group) is 1. The van der Waals surface area contributed by atoms with Crippen molar-refractivity contribution in [1.29, 1.82) is 0 Å². The van der Waals surface area contributed by atoms with Crippen LogP contribution in [0, 0.1) is 5.41 Å². The van der Waals surface area contributed by atoms with E-state index in [0.717, 1.165) is 32.4 Å². The molecule has 6 nitrogen and oxygen atoms in total. The maximum Gasteiger partial charge on any atom is 0.317 e. The normalized spacial score (nSPS) is 25.9. The maximum absolute atomic E-state index is 12.1. The van der Waals surface area contributed by atoms with Crippen LogP contribution in [0.25, 0.3) is 0 Å². The Morgan fingerprint density at radius 3 is 2.39 bits per heavy atom. The zero-order valence-corrected chi connectivity index (χ0v) is 14.4. The van der Waals surface area contributed by atoms with E-state index in [9.17, 15) is 9.59 Å². The molecule has 2 aliphatic carbocycles. The molecule has 0 aliphatic heterocycles. The molecule has 132 valence electrons. The van der Waals surface area contributed by atoms with Crippen molar-refractivity contribution in [3.05, 3.63) is 0 Å². The van der Waals surface area contributed by atoms with Crippen molar-refractivity contribution in [3.8, 4) is 0 Å². The van der Waals surface area contributed by atoms with Gasteiger partial charge in [0, 0.05) is 18.6 Å². The number of hydrogen-bond acceptors (Lipinski definition) is 3. The van der Waals surface area contributed by atoms with Crippen LogP contribution < -0.4 is 10.6 Å². The number of hydrogen-bond donors (Lipinski definition) is 3. The van der Waals surface area contributed by atoms with Crippen molar-refractivity contribution in [3.63, 3.8) is 0 Å². The van der Waals surface area contributed by atoms with Crippen LogP contribution in [0.15, 0.2) is 0 Å². The highest BCUT2D eigenvalue weighted by molar-refractivity contribution is 5.74. The lowest BCUT2D eigenvalue weighted by atomic mass is 9.83. The Balaban J connectivity index is 1.66. The first-order chi connectivity index (χ1) is 11.0. The summed E-state index contributed by atoms with van der Waals surface area (Å²) in [6.45, 7) is 5.77. The molecule has 0 aromatic rings. The van der Waals surface area contributed by atoms with E-state index < -0.39 is 5.97 Å². The molecule has 23 heavy (non-hydrogen) atoms. The number of aliphatic carboxylic acids is 1. The lowest BCUT2D eigenvalue weighted by molar-refractivity contribution is -0.139. The summed E-state index contributed by atoms with van der Waals surface area (Å²) in [5.74, 6) is -0.789. The molecule has 2 aliphatic rings. The monoisotopic (exact) mass is 325 g/mol. The molecule has 0 aromatic heterocycles. The molecule has 0 spiro atoms. The molecular weight excluding hydrogens is 294 g/mol. The topological polar surface area (TPSA) is 81.7 Å². The van der Waals surface area contributed by atoms with Crippen LogP contribution >= 0.6 is 0 Å². The number of nitrogens with one attached hydrogen (secondary N) is 2. The van der Waals surface area contributed by atoms with Gasteiger partial charge in [-0.05, 0) is 44.1 Å². The minimum Gasteiger partial charge on any atom is -0.480 e. The number of rotatable bonds is 8. The third kappa shape index (κ3) is 4.83. The van der Waals surface area contributed by atoms with Gasteiger partial charge in [0.05, 0.1) is 6.54 Å². The summed E-state index contributed by atoms with van der Waals surface area (Å²) in [6.07, 6.45) is 7.79. The Morgan fingerprint density at radius 1 is 1.22 bits per heavy atom. The van der Waals surface area contributed by atoms with E-state index in [1.165, 1.54) is 25.7 Å². The third-order valence-corrected chi connectivity index (χ3v) is 5.75. The first-order valence-corrected chi connectivity index (χ1v) is 8.98. The summed E-state index contributed by atoms with van der Waals surface area (Å²) in [7, 11) is 0. The minimum absolute atomic E-state index is 0.0746. The number of carboxylic acid groups (broad SMARTS) is 1. The van der Waals surface area contributed by atoms with Gasteiger partial charge in [-0.1, -0.05) is 26.7 Å². The Bertz CT molecular complexity index is 415. The predicted molar refractivity (Wildman–Crippen MR) is 89.4 cm³/mol. The Labute approximate surface area is 139 Å².